The highest BCUT2D eigenvalue weighted by molar-refractivity contribution is 14.0. The monoisotopic (exact) mass is 566 g/mol. The summed E-state index contributed by atoms with van der Waals surface area (Å²) in [6.45, 7) is 7.86. The number of hydrogen-bond acceptors (Lipinski definition) is 4. The van der Waals surface area contributed by atoms with Crippen LogP contribution < -0.4 is 10.6 Å². The predicted octanol–water partition coefficient (Wildman–Crippen LogP) is 3.84. The number of guanidine groups is 1. The minimum atomic E-state index is 0. The lowest BCUT2D eigenvalue weighted by Gasteiger charge is -2.27. The van der Waals surface area contributed by atoms with Crippen LogP contribution in [0.1, 0.15) is 29.5 Å². The molecule has 0 bridgehead atoms. The van der Waals surface area contributed by atoms with Crippen molar-refractivity contribution < 1.29 is 9.47 Å². The summed E-state index contributed by atoms with van der Waals surface area (Å²) in [5.41, 5.74) is 4.01. The third kappa shape index (κ3) is 10.9. The standard InChI is InChI=1S/C26H38N4O2.HI/c1-27-26(28-14-7-8-17-31-18-13-23-9-3-2-4-10-23)29-21-24-11-5-6-12-25(24)22-30-15-19-32-20-16-30;/h2-6,9-12H,7-8,13-22H2,1H3,(H2,27,28,29);1H. The van der Waals surface area contributed by atoms with Crippen LogP contribution in [-0.4, -0.2) is 64.0 Å². The molecule has 0 aromatic heterocycles. The van der Waals surface area contributed by atoms with Crippen LogP contribution in [0.2, 0.25) is 0 Å². The first-order valence-corrected chi connectivity index (χ1v) is 11.8. The number of halogens is 1. The van der Waals surface area contributed by atoms with Gasteiger partial charge in [0.15, 0.2) is 5.96 Å². The van der Waals surface area contributed by atoms with Crippen LogP contribution in [-0.2, 0) is 29.0 Å². The Morgan fingerprint density at radius 2 is 1.67 bits per heavy atom. The predicted molar refractivity (Wildman–Crippen MR) is 146 cm³/mol. The van der Waals surface area contributed by atoms with Gasteiger partial charge in [-0.15, -0.1) is 24.0 Å². The normalized spacial score (nSPS) is 14.5. The molecule has 1 fully saturated rings. The number of hydrogen-bond donors (Lipinski definition) is 2. The number of nitrogens with one attached hydrogen (secondary N) is 2. The molecule has 1 heterocycles. The number of rotatable bonds is 12. The van der Waals surface area contributed by atoms with Gasteiger partial charge in [0.05, 0.1) is 19.8 Å². The first-order valence-electron chi connectivity index (χ1n) is 11.8. The third-order valence-electron chi connectivity index (χ3n) is 5.67. The van der Waals surface area contributed by atoms with Gasteiger partial charge in [0.1, 0.15) is 0 Å². The number of nitrogens with zero attached hydrogens (tertiary/aromatic N) is 2. The van der Waals surface area contributed by atoms with E-state index in [1.807, 2.05) is 13.1 Å². The van der Waals surface area contributed by atoms with Crippen molar-refractivity contribution in [3.8, 4) is 0 Å². The van der Waals surface area contributed by atoms with Gasteiger partial charge in [0.2, 0.25) is 0 Å². The number of morpholine rings is 1. The molecule has 2 aromatic rings. The largest absolute Gasteiger partial charge is 0.381 e. The molecule has 7 heteroatoms. The Bertz CT molecular complexity index is 798. The van der Waals surface area contributed by atoms with Crippen molar-refractivity contribution in [2.75, 3.05) is 53.1 Å². The minimum absolute atomic E-state index is 0. The van der Waals surface area contributed by atoms with Crippen molar-refractivity contribution in [2.45, 2.75) is 32.4 Å². The molecule has 0 saturated carbocycles. The van der Waals surface area contributed by atoms with E-state index in [9.17, 15) is 0 Å². The topological polar surface area (TPSA) is 58.1 Å². The van der Waals surface area contributed by atoms with Crippen LogP contribution in [0.5, 0.6) is 0 Å². The summed E-state index contributed by atoms with van der Waals surface area (Å²) in [7, 11) is 1.82. The summed E-state index contributed by atoms with van der Waals surface area (Å²) in [4.78, 5) is 6.82. The summed E-state index contributed by atoms with van der Waals surface area (Å²) in [5, 5.41) is 6.87. The zero-order chi connectivity index (χ0) is 22.3. The molecule has 2 N–H and O–H groups in total. The molecular formula is C26H39IN4O2. The van der Waals surface area contributed by atoms with Crippen LogP contribution in [0.15, 0.2) is 59.6 Å². The van der Waals surface area contributed by atoms with Crippen LogP contribution in [0.3, 0.4) is 0 Å². The fourth-order valence-corrected chi connectivity index (χ4v) is 3.76. The van der Waals surface area contributed by atoms with Crippen molar-refractivity contribution in [1.29, 1.82) is 0 Å². The lowest BCUT2D eigenvalue weighted by atomic mass is 10.1. The van der Waals surface area contributed by atoms with E-state index in [1.165, 1.54) is 16.7 Å². The molecule has 6 nitrogen and oxygen atoms in total. The highest BCUT2D eigenvalue weighted by atomic mass is 127. The van der Waals surface area contributed by atoms with E-state index in [0.717, 1.165) is 84.4 Å². The van der Waals surface area contributed by atoms with Gasteiger partial charge in [-0.2, -0.15) is 0 Å². The van der Waals surface area contributed by atoms with E-state index < -0.39 is 0 Å². The average molecular weight is 567 g/mol. The van der Waals surface area contributed by atoms with E-state index >= 15 is 0 Å². The van der Waals surface area contributed by atoms with Gasteiger partial charge in [-0.25, -0.2) is 0 Å². The molecule has 0 spiro atoms. The molecule has 0 radical (unpaired) electrons. The number of benzene rings is 2. The highest BCUT2D eigenvalue weighted by Gasteiger charge is 2.12. The fourth-order valence-electron chi connectivity index (χ4n) is 3.76. The summed E-state index contributed by atoms with van der Waals surface area (Å²) < 4.78 is 11.2. The number of aliphatic imine (C=N–C) groups is 1. The Labute approximate surface area is 216 Å². The van der Waals surface area contributed by atoms with E-state index in [-0.39, 0.29) is 24.0 Å². The Balaban J connectivity index is 0.00000385. The Kier molecular flexibility index (Phi) is 14.1. The zero-order valence-corrected chi connectivity index (χ0v) is 22.1. The fraction of sp³-hybridized carbons (Fsp3) is 0.500. The SMILES string of the molecule is CN=C(NCCCCOCCc1ccccc1)NCc1ccccc1CN1CCOCC1.I. The van der Waals surface area contributed by atoms with Crippen molar-refractivity contribution >= 4 is 29.9 Å². The Morgan fingerprint density at radius 3 is 2.42 bits per heavy atom. The van der Waals surface area contributed by atoms with Gasteiger partial charge in [0.25, 0.3) is 0 Å². The van der Waals surface area contributed by atoms with E-state index in [2.05, 4.69) is 69.1 Å². The molecule has 1 aliphatic rings. The molecule has 33 heavy (non-hydrogen) atoms. The summed E-state index contributed by atoms with van der Waals surface area (Å²) in [6.07, 6.45) is 3.07. The molecule has 2 aromatic carbocycles. The summed E-state index contributed by atoms with van der Waals surface area (Å²) >= 11 is 0. The smallest absolute Gasteiger partial charge is 0.191 e. The van der Waals surface area contributed by atoms with Crippen molar-refractivity contribution in [3.05, 3.63) is 71.3 Å². The van der Waals surface area contributed by atoms with Gasteiger partial charge in [0, 0.05) is 46.4 Å². The number of unbranched alkanes of at least 4 members (excludes halogenated alkanes) is 1. The summed E-state index contributed by atoms with van der Waals surface area (Å²) in [5.74, 6) is 0.844. The third-order valence-corrected chi connectivity index (χ3v) is 5.67. The van der Waals surface area contributed by atoms with Crippen molar-refractivity contribution in [1.82, 2.24) is 15.5 Å². The van der Waals surface area contributed by atoms with Crippen LogP contribution in [0.4, 0.5) is 0 Å². The van der Waals surface area contributed by atoms with Crippen molar-refractivity contribution in [3.63, 3.8) is 0 Å². The summed E-state index contributed by atoms with van der Waals surface area (Å²) in [6, 6.07) is 19.1. The maximum Gasteiger partial charge on any atom is 0.191 e. The maximum atomic E-state index is 5.77. The first-order chi connectivity index (χ1) is 15.8. The lowest BCUT2D eigenvalue weighted by molar-refractivity contribution is 0.0341. The molecular weight excluding hydrogens is 527 g/mol. The lowest BCUT2D eigenvalue weighted by Crippen LogP contribution is -2.38. The second-order valence-corrected chi connectivity index (χ2v) is 8.06. The van der Waals surface area contributed by atoms with E-state index in [0.29, 0.717) is 0 Å². The molecule has 0 atom stereocenters. The van der Waals surface area contributed by atoms with Gasteiger partial charge in [-0.1, -0.05) is 54.6 Å². The zero-order valence-electron chi connectivity index (χ0n) is 19.8. The number of ether oxygens (including phenoxy) is 2. The van der Waals surface area contributed by atoms with E-state index in [1.54, 1.807) is 0 Å². The van der Waals surface area contributed by atoms with Crippen LogP contribution in [0, 0.1) is 0 Å². The maximum absolute atomic E-state index is 5.77. The molecule has 3 rings (SSSR count). The van der Waals surface area contributed by atoms with Crippen molar-refractivity contribution in [2.24, 2.45) is 4.99 Å². The minimum Gasteiger partial charge on any atom is -0.381 e. The second-order valence-electron chi connectivity index (χ2n) is 8.06. The molecule has 0 amide bonds. The van der Waals surface area contributed by atoms with E-state index in [4.69, 9.17) is 9.47 Å². The second kappa shape index (κ2) is 16.9. The molecule has 1 saturated heterocycles. The average Bonchev–Trinajstić information content (AvgIpc) is 2.85. The van der Waals surface area contributed by atoms with Gasteiger partial charge in [-0.3, -0.25) is 9.89 Å². The van der Waals surface area contributed by atoms with Crippen LogP contribution >= 0.6 is 24.0 Å². The van der Waals surface area contributed by atoms with Gasteiger partial charge >= 0.3 is 0 Å². The molecule has 182 valence electrons. The van der Waals surface area contributed by atoms with Gasteiger partial charge in [-0.05, 0) is 36.0 Å². The highest BCUT2D eigenvalue weighted by Crippen LogP contribution is 2.13. The molecule has 1 aliphatic heterocycles. The molecule has 0 aliphatic carbocycles. The first kappa shape index (κ1) is 27.6. The van der Waals surface area contributed by atoms with Gasteiger partial charge < -0.3 is 20.1 Å². The molecule has 0 unspecified atom stereocenters. The van der Waals surface area contributed by atoms with Crippen LogP contribution in [0.25, 0.3) is 0 Å². The Morgan fingerprint density at radius 1 is 0.939 bits per heavy atom. The quantitative estimate of drug-likeness (QED) is 0.177. The Hall–Kier alpha value is -1.68.